The van der Waals surface area contributed by atoms with Gasteiger partial charge in [-0.15, -0.1) is 12.4 Å². The molecule has 1 fully saturated rings. The fraction of sp³-hybridized carbons (Fsp3) is 0.533. The Morgan fingerprint density at radius 1 is 1.41 bits per heavy atom. The molecule has 0 saturated carbocycles. The molecule has 3 rings (SSSR count). The highest BCUT2D eigenvalue weighted by atomic mass is 35.5. The van der Waals surface area contributed by atoms with Gasteiger partial charge in [-0.2, -0.15) is 0 Å². The minimum atomic E-state index is -0.316. The van der Waals surface area contributed by atoms with Gasteiger partial charge in [0.1, 0.15) is 11.8 Å². The van der Waals surface area contributed by atoms with Crippen LogP contribution in [0.1, 0.15) is 24.9 Å². The topological polar surface area (TPSA) is 59.6 Å². The van der Waals surface area contributed by atoms with Crippen molar-refractivity contribution in [3.05, 3.63) is 28.8 Å². The number of halogens is 2. The smallest absolute Gasteiger partial charge is 0.240 e. The SMILES string of the molecule is C[C@H]1OCCN[C@@H]1C(=O)NC1CCOc2c(Cl)cccc21.Cl. The molecule has 2 N–H and O–H groups in total. The van der Waals surface area contributed by atoms with Crippen LogP contribution in [0, 0.1) is 0 Å². The Kier molecular flexibility index (Phi) is 5.92. The summed E-state index contributed by atoms with van der Waals surface area (Å²) in [5.41, 5.74) is 0.937. The van der Waals surface area contributed by atoms with Gasteiger partial charge in [-0.1, -0.05) is 23.7 Å². The molecule has 2 heterocycles. The second-order valence-electron chi connectivity index (χ2n) is 5.36. The van der Waals surface area contributed by atoms with Gasteiger partial charge in [0.2, 0.25) is 5.91 Å². The van der Waals surface area contributed by atoms with Crippen molar-refractivity contribution in [2.75, 3.05) is 19.8 Å². The van der Waals surface area contributed by atoms with Gasteiger partial charge in [-0.25, -0.2) is 0 Å². The molecule has 0 bridgehead atoms. The summed E-state index contributed by atoms with van der Waals surface area (Å²) in [6, 6.07) is 5.22. The first-order chi connectivity index (χ1) is 10.2. The summed E-state index contributed by atoms with van der Waals surface area (Å²) in [5.74, 6) is 0.636. The summed E-state index contributed by atoms with van der Waals surface area (Å²) in [7, 11) is 0. The van der Waals surface area contributed by atoms with Crippen LogP contribution in [0.4, 0.5) is 0 Å². The first-order valence-electron chi connectivity index (χ1n) is 7.23. The summed E-state index contributed by atoms with van der Waals surface area (Å²) in [5, 5.41) is 6.86. The van der Waals surface area contributed by atoms with E-state index >= 15 is 0 Å². The molecule has 122 valence electrons. The second-order valence-corrected chi connectivity index (χ2v) is 5.77. The zero-order valence-electron chi connectivity index (χ0n) is 12.3. The monoisotopic (exact) mass is 346 g/mol. The molecule has 1 saturated heterocycles. The van der Waals surface area contributed by atoms with Crippen LogP contribution < -0.4 is 15.4 Å². The minimum Gasteiger partial charge on any atom is -0.492 e. The van der Waals surface area contributed by atoms with Crippen molar-refractivity contribution in [1.29, 1.82) is 0 Å². The maximum Gasteiger partial charge on any atom is 0.240 e. The normalized spacial score (nSPS) is 27.1. The number of amides is 1. The number of nitrogens with one attached hydrogen (secondary N) is 2. The molecule has 7 heteroatoms. The Hall–Kier alpha value is -1.01. The van der Waals surface area contributed by atoms with Crippen molar-refractivity contribution in [3.8, 4) is 5.75 Å². The molecule has 2 aliphatic rings. The van der Waals surface area contributed by atoms with Crippen molar-refractivity contribution in [2.45, 2.75) is 31.5 Å². The number of rotatable bonds is 2. The van der Waals surface area contributed by atoms with E-state index in [1.807, 2.05) is 19.1 Å². The number of benzene rings is 1. The third-order valence-corrected chi connectivity index (χ3v) is 4.24. The third-order valence-electron chi connectivity index (χ3n) is 3.94. The van der Waals surface area contributed by atoms with E-state index in [2.05, 4.69) is 10.6 Å². The largest absolute Gasteiger partial charge is 0.492 e. The van der Waals surface area contributed by atoms with E-state index in [1.54, 1.807) is 6.07 Å². The number of morpholine rings is 1. The van der Waals surface area contributed by atoms with E-state index in [9.17, 15) is 4.79 Å². The Labute approximate surface area is 141 Å². The van der Waals surface area contributed by atoms with E-state index in [4.69, 9.17) is 21.1 Å². The predicted molar refractivity (Wildman–Crippen MR) is 86.9 cm³/mol. The molecule has 0 radical (unpaired) electrons. The van der Waals surface area contributed by atoms with Gasteiger partial charge in [0.25, 0.3) is 0 Å². The fourth-order valence-electron chi connectivity index (χ4n) is 2.83. The quantitative estimate of drug-likeness (QED) is 0.860. The van der Waals surface area contributed by atoms with Crippen LogP contribution in [-0.2, 0) is 9.53 Å². The number of fused-ring (bicyclic) bond motifs is 1. The average molecular weight is 347 g/mol. The molecule has 5 nitrogen and oxygen atoms in total. The molecule has 1 unspecified atom stereocenters. The highest BCUT2D eigenvalue weighted by Gasteiger charge is 2.31. The van der Waals surface area contributed by atoms with Crippen LogP contribution in [0.2, 0.25) is 5.02 Å². The number of hydrogen-bond donors (Lipinski definition) is 2. The number of carbonyl (C=O) groups excluding carboxylic acids is 1. The van der Waals surface area contributed by atoms with Crippen LogP contribution in [0.3, 0.4) is 0 Å². The fourth-order valence-corrected chi connectivity index (χ4v) is 3.06. The van der Waals surface area contributed by atoms with Crippen LogP contribution >= 0.6 is 24.0 Å². The van der Waals surface area contributed by atoms with E-state index in [0.29, 0.717) is 30.5 Å². The molecule has 22 heavy (non-hydrogen) atoms. The molecule has 1 aromatic rings. The molecule has 3 atom stereocenters. The first kappa shape index (κ1) is 17.3. The zero-order chi connectivity index (χ0) is 14.8. The number of para-hydroxylation sites is 1. The van der Waals surface area contributed by atoms with E-state index in [-0.39, 0.29) is 36.5 Å². The van der Waals surface area contributed by atoms with Crippen molar-refractivity contribution >= 4 is 29.9 Å². The maximum atomic E-state index is 12.4. The molecule has 0 aromatic heterocycles. The van der Waals surface area contributed by atoms with Gasteiger partial charge in [0.15, 0.2) is 0 Å². The Balaban J connectivity index is 0.00000176. The summed E-state index contributed by atoms with van der Waals surface area (Å²) >= 11 is 6.15. The van der Waals surface area contributed by atoms with Gasteiger partial charge in [-0.05, 0) is 13.0 Å². The lowest BCUT2D eigenvalue weighted by Crippen LogP contribution is -2.56. The zero-order valence-corrected chi connectivity index (χ0v) is 13.9. The molecule has 1 aromatic carbocycles. The van der Waals surface area contributed by atoms with Crippen molar-refractivity contribution in [3.63, 3.8) is 0 Å². The Morgan fingerprint density at radius 3 is 3.00 bits per heavy atom. The standard InChI is InChI=1S/C15H19ClN2O3.ClH/c1-9-13(17-6-8-20-9)15(19)18-12-5-7-21-14-10(12)3-2-4-11(14)16;/h2-4,9,12-13,17H,5-8H2,1H3,(H,18,19);1H/t9-,12?,13+;/m1./s1. The third kappa shape index (κ3) is 3.49. The molecule has 2 aliphatic heterocycles. The van der Waals surface area contributed by atoms with Gasteiger partial charge in [0, 0.05) is 18.5 Å². The molecule has 0 spiro atoms. The summed E-state index contributed by atoms with van der Waals surface area (Å²) in [4.78, 5) is 12.4. The van der Waals surface area contributed by atoms with Crippen LogP contribution in [0.25, 0.3) is 0 Å². The molecular weight excluding hydrogens is 327 g/mol. The highest BCUT2D eigenvalue weighted by Crippen LogP contribution is 2.37. The van der Waals surface area contributed by atoms with Crippen molar-refractivity contribution < 1.29 is 14.3 Å². The number of carbonyl (C=O) groups is 1. The maximum absolute atomic E-state index is 12.4. The van der Waals surface area contributed by atoms with Crippen LogP contribution in [0.5, 0.6) is 5.75 Å². The highest BCUT2D eigenvalue weighted by molar-refractivity contribution is 6.32. The summed E-state index contributed by atoms with van der Waals surface area (Å²) in [6.07, 6.45) is 0.610. The van der Waals surface area contributed by atoms with Crippen molar-refractivity contribution in [2.24, 2.45) is 0 Å². The molecule has 1 amide bonds. The number of ether oxygens (including phenoxy) is 2. The van der Waals surface area contributed by atoms with E-state index in [1.165, 1.54) is 0 Å². The van der Waals surface area contributed by atoms with Gasteiger partial charge < -0.3 is 20.1 Å². The lowest BCUT2D eigenvalue weighted by Gasteiger charge is -2.32. The van der Waals surface area contributed by atoms with Gasteiger partial charge in [0.05, 0.1) is 30.4 Å². The van der Waals surface area contributed by atoms with Crippen molar-refractivity contribution in [1.82, 2.24) is 10.6 Å². The summed E-state index contributed by atoms with van der Waals surface area (Å²) < 4.78 is 11.1. The lowest BCUT2D eigenvalue weighted by molar-refractivity contribution is -0.129. The number of hydrogen-bond acceptors (Lipinski definition) is 4. The molecular formula is C15H20Cl2N2O3. The minimum absolute atomic E-state index is 0. The molecule has 0 aliphatic carbocycles. The van der Waals surface area contributed by atoms with Gasteiger partial charge in [-0.3, -0.25) is 4.79 Å². The Bertz CT molecular complexity index is 542. The van der Waals surface area contributed by atoms with E-state index < -0.39 is 0 Å². The Morgan fingerprint density at radius 2 is 2.23 bits per heavy atom. The van der Waals surface area contributed by atoms with Gasteiger partial charge >= 0.3 is 0 Å². The second kappa shape index (κ2) is 7.51. The van der Waals surface area contributed by atoms with Crippen LogP contribution in [0.15, 0.2) is 18.2 Å². The lowest BCUT2D eigenvalue weighted by atomic mass is 9.99. The average Bonchev–Trinajstić information content (AvgIpc) is 2.49. The van der Waals surface area contributed by atoms with Crippen LogP contribution in [-0.4, -0.2) is 37.8 Å². The first-order valence-corrected chi connectivity index (χ1v) is 7.61. The summed E-state index contributed by atoms with van der Waals surface area (Å²) in [6.45, 7) is 3.79. The van der Waals surface area contributed by atoms with E-state index in [0.717, 1.165) is 12.0 Å². The predicted octanol–water partition coefficient (Wildman–Crippen LogP) is 2.08.